The lowest BCUT2D eigenvalue weighted by Gasteiger charge is -2.31. The number of nitrogens with one attached hydrogen (secondary N) is 1. The van der Waals surface area contributed by atoms with E-state index in [-0.39, 0.29) is 17.2 Å². The SMILES string of the molecule is COc1cccc(N2C(=O)[C@@H](C=N[C@@H]3CCCC[C@H]3[NH3+])C(=O)NC2=S)c1. The Morgan fingerprint density at radius 3 is 2.85 bits per heavy atom. The molecule has 1 aliphatic carbocycles. The van der Waals surface area contributed by atoms with E-state index in [1.54, 1.807) is 31.4 Å². The van der Waals surface area contributed by atoms with E-state index in [0.29, 0.717) is 11.4 Å². The lowest BCUT2D eigenvalue weighted by molar-refractivity contribution is -0.428. The van der Waals surface area contributed by atoms with Gasteiger partial charge in [0, 0.05) is 18.7 Å². The summed E-state index contributed by atoms with van der Waals surface area (Å²) in [4.78, 5) is 31.1. The fraction of sp³-hybridized carbons (Fsp3) is 0.444. The van der Waals surface area contributed by atoms with E-state index in [2.05, 4.69) is 16.0 Å². The van der Waals surface area contributed by atoms with Gasteiger partial charge >= 0.3 is 0 Å². The molecule has 2 amide bonds. The van der Waals surface area contributed by atoms with E-state index in [1.165, 1.54) is 11.1 Å². The van der Waals surface area contributed by atoms with Crippen molar-refractivity contribution in [2.24, 2.45) is 10.9 Å². The maximum atomic E-state index is 12.9. The van der Waals surface area contributed by atoms with Crippen LogP contribution in [0.25, 0.3) is 0 Å². The number of anilines is 1. The van der Waals surface area contributed by atoms with Gasteiger partial charge in [0.05, 0.1) is 12.8 Å². The Morgan fingerprint density at radius 1 is 1.35 bits per heavy atom. The molecule has 0 bridgehead atoms. The van der Waals surface area contributed by atoms with Crippen LogP contribution in [0.4, 0.5) is 5.69 Å². The predicted molar refractivity (Wildman–Crippen MR) is 102 cm³/mol. The molecule has 2 aliphatic rings. The third-order valence-electron chi connectivity index (χ3n) is 4.81. The molecule has 0 aromatic heterocycles. The largest absolute Gasteiger partial charge is 0.497 e. The van der Waals surface area contributed by atoms with Crippen LogP contribution in [0, 0.1) is 5.92 Å². The average molecular weight is 375 g/mol. The van der Waals surface area contributed by atoms with Gasteiger partial charge in [0.15, 0.2) is 11.0 Å². The molecule has 3 atom stereocenters. The summed E-state index contributed by atoms with van der Waals surface area (Å²) in [6, 6.07) is 7.25. The Kier molecular flexibility index (Phi) is 5.63. The first-order chi connectivity index (χ1) is 12.5. The fourth-order valence-corrected chi connectivity index (χ4v) is 3.59. The topological polar surface area (TPSA) is 98.6 Å². The van der Waals surface area contributed by atoms with E-state index in [1.807, 2.05) is 0 Å². The van der Waals surface area contributed by atoms with Gasteiger partial charge in [0.25, 0.3) is 5.91 Å². The van der Waals surface area contributed by atoms with Crippen molar-refractivity contribution < 1.29 is 20.1 Å². The monoisotopic (exact) mass is 375 g/mol. The third kappa shape index (κ3) is 3.76. The number of ether oxygens (including phenoxy) is 1. The highest BCUT2D eigenvalue weighted by atomic mass is 32.1. The molecule has 0 radical (unpaired) electrons. The lowest BCUT2D eigenvalue weighted by Crippen LogP contribution is -2.66. The van der Waals surface area contributed by atoms with Gasteiger partial charge in [-0.1, -0.05) is 12.5 Å². The number of aliphatic imine (C=N–C) groups is 1. The van der Waals surface area contributed by atoms with Gasteiger partial charge < -0.3 is 15.8 Å². The second-order valence-corrected chi connectivity index (χ2v) is 6.94. The normalized spacial score (nSPS) is 26.9. The number of thiocarbonyl (C=S) groups is 1. The van der Waals surface area contributed by atoms with Crippen LogP contribution in [-0.2, 0) is 9.59 Å². The van der Waals surface area contributed by atoms with Gasteiger partial charge in [-0.15, -0.1) is 0 Å². The van der Waals surface area contributed by atoms with Crippen LogP contribution in [0.5, 0.6) is 5.75 Å². The zero-order valence-electron chi connectivity index (χ0n) is 14.7. The van der Waals surface area contributed by atoms with Crippen molar-refractivity contribution in [2.75, 3.05) is 12.0 Å². The van der Waals surface area contributed by atoms with Crippen molar-refractivity contribution >= 4 is 41.0 Å². The first kappa shape index (κ1) is 18.5. The van der Waals surface area contributed by atoms with E-state index in [4.69, 9.17) is 17.0 Å². The van der Waals surface area contributed by atoms with Gasteiger partial charge in [-0.3, -0.25) is 19.5 Å². The van der Waals surface area contributed by atoms with E-state index in [9.17, 15) is 9.59 Å². The van der Waals surface area contributed by atoms with E-state index >= 15 is 0 Å². The number of quaternary nitrogens is 1. The Morgan fingerprint density at radius 2 is 2.12 bits per heavy atom. The molecule has 3 rings (SSSR count). The number of hydrogen-bond acceptors (Lipinski definition) is 5. The number of rotatable bonds is 4. The Balaban J connectivity index is 1.83. The zero-order chi connectivity index (χ0) is 18.7. The highest BCUT2D eigenvalue weighted by molar-refractivity contribution is 7.80. The zero-order valence-corrected chi connectivity index (χ0v) is 15.5. The molecule has 1 saturated heterocycles. The van der Waals surface area contributed by atoms with Crippen molar-refractivity contribution in [3.63, 3.8) is 0 Å². The minimum atomic E-state index is -0.998. The summed E-state index contributed by atoms with van der Waals surface area (Å²) in [5.41, 5.74) is 4.68. The lowest BCUT2D eigenvalue weighted by atomic mass is 9.91. The van der Waals surface area contributed by atoms with Gasteiger partial charge in [-0.05, 0) is 37.2 Å². The molecular formula is C18H23N4O3S+. The molecule has 1 aromatic rings. The quantitative estimate of drug-likeness (QED) is 0.459. The summed E-state index contributed by atoms with van der Waals surface area (Å²) in [7, 11) is 1.55. The predicted octanol–water partition coefficient (Wildman–Crippen LogP) is 0.683. The highest BCUT2D eigenvalue weighted by Gasteiger charge is 2.39. The molecule has 2 fully saturated rings. The Bertz CT molecular complexity index is 752. The Hall–Kier alpha value is -2.32. The second-order valence-electron chi connectivity index (χ2n) is 6.56. The number of methoxy groups -OCH3 is 1. The van der Waals surface area contributed by atoms with Gasteiger partial charge in [-0.2, -0.15) is 0 Å². The summed E-state index contributed by atoms with van der Waals surface area (Å²) in [5.74, 6) is -1.25. The standard InChI is InChI=1S/C18H22N4O3S/c1-25-12-6-4-5-11(9-12)22-17(24)13(16(23)21-18(22)26)10-20-15-8-3-2-7-14(15)19/h4-6,9-10,13-15H,2-3,7-8,19H2,1H3,(H,21,23,26)/p+1/t13-,14+,15+/m0/s1. The first-order valence-electron chi connectivity index (χ1n) is 8.70. The van der Waals surface area contributed by atoms with Crippen LogP contribution in [0.3, 0.4) is 0 Å². The number of carbonyl (C=O) groups is 2. The highest BCUT2D eigenvalue weighted by Crippen LogP contribution is 2.25. The van der Waals surface area contributed by atoms with E-state index < -0.39 is 17.7 Å². The molecule has 1 aromatic carbocycles. The van der Waals surface area contributed by atoms with Crippen LogP contribution in [-0.4, -0.2) is 42.3 Å². The summed E-state index contributed by atoms with van der Waals surface area (Å²) in [6.45, 7) is 0. The molecule has 1 saturated carbocycles. The second kappa shape index (κ2) is 7.92. The molecule has 8 heteroatoms. The van der Waals surface area contributed by atoms with Crippen molar-refractivity contribution in [1.29, 1.82) is 0 Å². The number of amides is 2. The summed E-state index contributed by atoms with van der Waals surface area (Å²) < 4.78 is 5.20. The third-order valence-corrected chi connectivity index (χ3v) is 5.09. The van der Waals surface area contributed by atoms with Crippen LogP contribution in [0.2, 0.25) is 0 Å². The molecule has 1 heterocycles. The van der Waals surface area contributed by atoms with Gasteiger partial charge in [-0.25, -0.2) is 0 Å². The summed E-state index contributed by atoms with van der Waals surface area (Å²) in [5, 5.41) is 2.66. The van der Waals surface area contributed by atoms with Crippen LogP contribution >= 0.6 is 12.2 Å². The number of carbonyl (C=O) groups excluding carboxylic acids is 2. The molecule has 138 valence electrons. The molecule has 0 unspecified atom stereocenters. The van der Waals surface area contributed by atoms with Gasteiger partial charge in [0.1, 0.15) is 17.8 Å². The number of benzene rings is 1. The van der Waals surface area contributed by atoms with Crippen LogP contribution < -0.4 is 20.7 Å². The molecule has 1 aliphatic heterocycles. The minimum Gasteiger partial charge on any atom is -0.497 e. The minimum absolute atomic E-state index is 0.0588. The van der Waals surface area contributed by atoms with Crippen molar-refractivity contribution in [1.82, 2.24) is 5.32 Å². The van der Waals surface area contributed by atoms with E-state index in [0.717, 1.165) is 25.7 Å². The number of hydrogen-bond donors (Lipinski definition) is 2. The van der Waals surface area contributed by atoms with Crippen LogP contribution in [0.15, 0.2) is 29.3 Å². The molecular weight excluding hydrogens is 352 g/mol. The van der Waals surface area contributed by atoms with Crippen LogP contribution in [0.1, 0.15) is 25.7 Å². The number of nitrogens with zero attached hydrogens (tertiary/aromatic N) is 2. The summed E-state index contributed by atoms with van der Waals surface area (Å²) >= 11 is 5.20. The molecule has 7 nitrogen and oxygen atoms in total. The summed E-state index contributed by atoms with van der Waals surface area (Å²) in [6.07, 6.45) is 5.67. The maximum Gasteiger partial charge on any atom is 0.251 e. The molecule has 4 N–H and O–H groups in total. The van der Waals surface area contributed by atoms with Crippen molar-refractivity contribution in [2.45, 2.75) is 37.8 Å². The molecule has 0 spiro atoms. The Labute approximate surface area is 157 Å². The average Bonchev–Trinajstić information content (AvgIpc) is 2.63. The smallest absolute Gasteiger partial charge is 0.251 e. The van der Waals surface area contributed by atoms with Gasteiger partial charge in [0.2, 0.25) is 5.91 Å². The van der Waals surface area contributed by atoms with Crippen molar-refractivity contribution in [3.8, 4) is 5.75 Å². The maximum absolute atomic E-state index is 12.9. The first-order valence-corrected chi connectivity index (χ1v) is 9.11. The van der Waals surface area contributed by atoms with Crippen molar-refractivity contribution in [3.05, 3.63) is 24.3 Å². The molecule has 26 heavy (non-hydrogen) atoms. The fourth-order valence-electron chi connectivity index (χ4n) is 3.30.